The molecule has 11 amide bonds. The lowest BCUT2D eigenvalue weighted by Gasteiger charge is -2.42. The zero-order valence-electron chi connectivity index (χ0n) is 46.1. The SMILES string of the molecule is CN(C)c1cccc2c(S(=O)(=O)NCCNC(=O)[C@@H]3C[C@@]4(CN3)NC(=O)[C@@H]3C[C@@]5(CN3C4=O)NC(=O)[C@@H]3C[C@@]4(CN3C5=O)NC(=O)[C@@H]3C[C@@]5(CN3C4=O)NC(=O)[C@@H]3C[C@@]4(CN3C5=O)NC(=O)[C@H](Cc3cccc5ccccc35)NC4=O)cccc12. The van der Waals surface area contributed by atoms with E-state index in [2.05, 4.69) is 47.3 Å². The molecule has 0 radical (unpaired) electrons. The van der Waals surface area contributed by atoms with Crippen LogP contribution in [0.4, 0.5) is 5.69 Å². The van der Waals surface area contributed by atoms with Crippen molar-refractivity contribution in [1.82, 2.24) is 66.9 Å². The van der Waals surface area contributed by atoms with E-state index in [9.17, 15) is 61.2 Å². The van der Waals surface area contributed by atoms with Gasteiger partial charge in [-0.15, -0.1) is 0 Å². The number of carbonyl (C=O) groups is 11. The van der Waals surface area contributed by atoms with Crippen LogP contribution in [0.1, 0.15) is 37.7 Å². The van der Waals surface area contributed by atoms with Crippen molar-refractivity contribution in [2.75, 3.05) is 64.8 Å². The van der Waals surface area contributed by atoms with Gasteiger partial charge in [0, 0.05) is 88.7 Å². The minimum atomic E-state index is -4.02. The Morgan fingerprint density at radius 1 is 0.541 bits per heavy atom. The molecule has 28 heteroatoms. The highest BCUT2D eigenvalue weighted by molar-refractivity contribution is 7.89. The molecule has 10 aliphatic heterocycles. The molecule has 14 rings (SSSR count). The van der Waals surface area contributed by atoms with E-state index in [1.807, 2.05) is 73.6 Å². The summed E-state index contributed by atoms with van der Waals surface area (Å²) < 4.78 is 29.5. The smallest absolute Gasteiger partial charge is 0.251 e. The van der Waals surface area contributed by atoms with Crippen LogP contribution >= 0.6 is 0 Å². The van der Waals surface area contributed by atoms with Crippen molar-refractivity contribution in [1.29, 1.82) is 0 Å². The topological polar surface area (TPSA) is 346 Å². The van der Waals surface area contributed by atoms with Gasteiger partial charge in [0.15, 0.2) is 0 Å². The van der Waals surface area contributed by atoms with Gasteiger partial charge in [-0.1, -0.05) is 66.7 Å². The first-order chi connectivity index (χ1) is 40.5. The van der Waals surface area contributed by atoms with Crippen LogP contribution in [0.5, 0.6) is 0 Å². The lowest BCUT2D eigenvalue weighted by molar-refractivity contribution is -0.155. The zero-order valence-corrected chi connectivity index (χ0v) is 46.9. The predicted octanol–water partition coefficient (Wildman–Crippen LogP) is -4.71. The molecule has 4 aromatic carbocycles. The Hall–Kier alpha value is -8.76. The van der Waals surface area contributed by atoms with Crippen LogP contribution in [0.3, 0.4) is 0 Å². The summed E-state index contributed by atoms with van der Waals surface area (Å²) in [7, 11) is -0.300. The second-order valence-corrected chi connectivity index (χ2v) is 26.4. The summed E-state index contributed by atoms with van der Waals surface area (Å²) in [5, 5.41) is 25.7. The number of piperazine rings is 5. The summed E-state index contributed by atoms with van der Waals surface area (Å²) in [5.41, 5.74) is -7.08. The minimum Gasteiger partial charge on any atom is -0.377 e. The second kappa shape index (κ2) is 18.6. The van der Waals surface area contributed by atoms with Crippen molar-refractivity contribution in [3.8, 4) is 0 Å². The number of nitrogens with zero attached hydrogens (tertiary/aromatic N) is 5. The summed E-state index contributed by atoms with van der Waals surface area (Å²) in [4.78, 5) is 164. The Morgan fingerprint density at radius 2 is 1.01 bits per heavy atom. The lowest BCUT2D eigenvalue weighted by Crippen LogP contribution is -2.72. The van der Waals surface area contributed by atoms with Gasteiger partial charge in [0.05, 0.1) is 37.1 Å². The standard InChI is InChI=1S/C57H60N14O13S/c1-67(2)36-14-6-13-33-32(36)12-7-15-41(33)85(83,84)60-17-16-58-42(72)35-19-53(24-59-35)49(79)69-26-55(21-38(69)44(74)63-53)51(81)71-28-57(23-40(71)46(76)65-55)52(82)70-27-56(22-39(70)47(77)66-57)50(80)68-25-54(20-37(68)45(75)64-56)48(78)61-34(43(73)62-54)18-30-10-5-9-29-8-3-4-11-31(29)30/h3-15,34-35,37-40,59-60H,16-28H2,1-2H3,(H,58,72)(H,61,78)(H,62,73)(H,63,74)(H,64,75)(H,65,76)(H,66,77)/t34-,35-,37-,38-,39-,40-,53-,54-,55-,56-,57-/m0/s1. The molecule has 0 bridgehead atoms. The summed E-state index contributed by atoms with van der Waals surface area (Å²) in [6.07, 6.45) is -1.22. The minimum absolute atomic E-state index is 0.0716. The molecular formula is C57H60N14O13S. The summed E-state index contributed by atoms with van der Waals surface area (Å²) >= 11 is 0. The molecule has 4 aromatic rings. The van der Waals surface area contributed by atoms with Crippen LogP contribution < -0.4 is 52.2 Å². The Morgan fingerprint density at radius 3 is 1.60 bits per heavy atom. The number of sulfonamides is 1. The van der Waals surface area contributed by atoms with E-state index in [0.29, 0.717) is 5.39 Å². The zero-order chi connectivity index (χ0) is 59.5. The van der Waals surface area contributed by atoms with Gasteiger partial charge in [-0.25, -0.2) is 13.1 Å². The maximum absolute atomic E-state index is 14.9. The first kappa shape index (κ1) is 54.2. The number of hydrogen-bond acceptors (Lipinski definition) is 15. The Bertz CT molecular complexity index is 3880. The third-order valence-electron chi connectivity index (χ3n) is 19.4. The van der Waals surface area contributed by atoms with Gasteiger partial charge in [0.25, 0.3) is 23.6 Å². The van der Waals surface area contributed by atoms with Gasteiger partial charge in [0.2, 0.25) is 51.4 Å². The van der Waals surface area contributed by atoms with E-state index >= 15 is 0 Å². The molecule has 0 aromatic heterocycles. The maximum Gasteiger partial charge on any atom is 0.251 e. The van der Waals surface area contributed by atoms with Crippen LogP contribution in [0.25, 0.3) is 21.5 Å². The first-order valence-electron chi connectivity index (χ1n) is 28.3. The van der Waals surface area contributed by atoms with Crippen LogP contribution in [0, 0.1) is 0 Å². The third-order valence-corrected chi connectivity index (χ3v) is 20.9. The molecule has 10 aliphatic rings. The lowest BCUT2D eigenvalue weighted by atomic mass is 9.87. The van der Waals surface area contributed by atoms with Crippen molar-refractivity contribution in [2.45, 2.75) is 107 Å². The molecule has 442 valence electrons. The van der Waals surface area contributed by atoms with Crippen molar-refractivity contribution in [2.24, 2.45) is 0 Å². The van der Waals surface area contributed by atoms with E-state index in [-0.39, 0.29) is 69.6 Å². The van der Waals surface area contributed by atoms with Crippen molar-refractivity contribution >= 4 is 102 Å². The highest BCUT2D eigenvalue weighted by Gasteiger charge is 2.72. The van der Waals surface area contributed by atoms with Gasteiger partial charge in [-0.2, -0.15) is 0 Å². The fraction of sp³-hybridized carbons (Fsp3) is 0.456. The van der Waals surface area contributed by atoms with Crippen molar-refractivity contribution in [3.05, 3.63) is 84.4 Å². The van der Waals surface area contributed by atoms with Crippen molar-refractivity contribution < 1.29 is 61.2 Å². The van der Waals surface area contributed by atoms with E-state index in [4.69, 9.17) is 0 Å². The number of hydrogen-bond donors (Lipinski definition) is 9. The molecule has 10 heterocycles. The van der Waals surface area contributed by atoms with Gasteiger partial charge in [0.1, 0.15) is 57.9 Å². The number of anilines is 1. The van der Waals surface area contributed by atoms with Gasteiger partial charge < -0.3 is 67.0 Å². The number of rotatable bonds is 9. The van der Waals surface area contributed by atoms with Crippen LogP contribution in [0.15, 0.2) is 83.8 Å². The molecule has 0 saturated carbocycles. The highest BCUT2D eigenvalue weighted by atomic mass is 32.2. The van der Waals surface area contributed by atoms with Gasteiger partial charge in [-0.3, -0.25) is 52.7 Å². The molecule has 85 heavy (non-hydrogen) atoms. The Kier molecular flexibility index (Phi) is 11.9. The van der Waals surface area contributed by atoms with E-state index in [0.717, 1.165) is 27.4 Å². The summed E-state index contributed by atoms with van der Waals surface area (Å²) in [5.74, 6) is -6.92. The van der Waals surface area contributed by atoms with Gasteiger partial charge >= 0.3 is 0 Å². The molecule has 0 aliphatic carbocycles. The molecule has 9 N–H and O–H groups in total. The summed E-state index contributed by atoms with van der Waals surface area (Å²) in [6.45, 7) is -2.13. The number of fused-ring (bicyclic) bond motifs is 6. The molecule has 27 nitrogen and oxygen atoms in total. The summed E-state index contributed by atoms with van der Waals surface area (Å²) in [6, 6.07) is 16.9. The first-order valence-corrected chi connectivity index (χ1v) is 29.8. The highest BCUT2D eigenvalue weighted by Crippen LogP contribution is 2.46. The van der Waals surface area contributed by atoms with E-state index < -0.39 is 159 Å². The number of carbonyl (C=O) groups excluding carboxylic acids is 11. The van der Waals surface area contributed by atoms with Crippen LogP contribution in [-0.2, 0) is 69.2 Å². The molecule has 11 atom stereocenters. The van der Waals surface area contributed by atoms with Crippen LogP contribution in [-0.4, -0.2) is 217 Å². The van der Waals surface area contributed by atoms with E-state index in [1.165, 1.54) is 25.7 Å². The Balaban J connectivity index is 0.614. The molecule has 10 fully saturated rings. The average molecular weight is 1180 g/mol. The maximum atomic E-state index is 14.9. The molecular weight excluding hydrogens is 1120 g/mol. The fourth-order valence-electron chi connectivity index (χ4n) is 15.3. The molecule has 0 unspecified atom stereocenters. The number of amides is 11. The fourth-order valence-corrected chi connectivity index (χ4v) is 16.5. The second-order valence-electron chi connectivity index (χ2n) is 24.7. The van der Waals surface area contributed by atoms with Crippen LogP contribution in [0.2, 0.25) is 0 Å². The normalized spacial score (nSPS) is 33.8. The average Bonchev–Trinajstić information content (AvgIpc) is 1.58. The largest absolute Gasteiger partial charge is 0.377 e. The Labute approximate surface area is 485 Å². The van der Waals surface area contributed by atoms with Crippen molar-refractivity contribution in [3.63, 3.8) is 0 Å². The molecule has 10 saturated heterocycles. The molecule has 5 spiro atoms. The quantitative estimate of drug-likeness (QED) is 0.0712. The third kappa shape index (κ3) is 8.03. The number of nitrogens with one attached hydrogen (secondary N) is 9. The monoisotopic (exact) mass is 1180 g/mol. The van der Waals surface area contributed by atoms with E-state index in [1.54, 1.807) is 18.2 Å². The van der Waals surface area contributed by atoms with Gasteiger partial charge in [-0.05, 0) is 28.5 Å². The predicted molar refractivity (Wildman–Crippen MR) is 297 cm³/mol. The number of benzene rings is 4.